The third-order valence-electron chi connectivity index (χ3n) is 6.62. The van der Waals surface area contributed by atoms with Crippen molar-refractivity contribution in [1.29, 1.82) is 0 Å². The van der Waals surface area contributed by atoms with Crippen LogP contribution in [0.1, 0.15) is 59.3 Å². The van der Waals surface area contributed by atoms with E-state index in [1.165, 1.54) is 19.3 Å². The van der Waals surface area contributed by atoms with Gasteiger partial charge in [0.25, 0.3) is 5.91 Å². The molecule has 1 aromatic heterocycles. The number of aryl methyl sites for hydroxylation is 3. The summed E-state index contributed by atoms with van der Waals surface area (Å²) in [5.74, 6) is 0.362. The smallest absolute Gasteiger partial charge is 0.287 e. The van der Waals surface area contributed by atoms with Crippen LogP contribution in [0, 0.1) is 20.8 Å². The van der Waals surface area contributed by atoms with Crippen molar-refractivity contribution in [1.82, 2.24) is 10.2 Å². The Morgan fingerprint density at radius 3 is 2.48 bits per heavy atom. The number of amides is 1. The van der Waals surface area contributed by atoms with Crippen molar-refractivity contribution in [2.75, 3.05) is 32.8 Å². The molecule has 160 valence electrons. The van der Waals surface area contributed by atoms with Crippen LogP contribution < -0.4 is 5.32 Å². The van der Waals surface area contributed by atoms with Gasteiger partial charge in [0, 0.05) is 36.1 Å². The SMILES string of the molecule is Cc1cc(C)c2c(C)c(C(=O)NCC3(N4CCOCC4)CCCCC3)oc2c1.Cl. The molecule has 2 fully saturated rings. The Balaban J connectivity index is 0.00000240. The van der Waals surface area contributed by atoms with Crippen LogP contribution in [0.25, 0.3) is 11.0 Å². The first-order chi connectivity index (χ1) is 13.5. The van der Waals surface area contributed by atoms with Crippen LogP contribution in [0.5, 0.6) is 0 Å². The lowest BCUT2D eigenvalue weighted by atomic mass is 9.79. The van der Waals surface area contributed by atoms with E-state index in [4.69, 9.17) is 9.15 Å². The molecule has 2 aliphatic rings. The normalized spacial score (nSPS) is 19.7. The standard InChI is InChI=1S/C23H32N2O3.ClH/c1-16-13-17(2)20-18(3)21(28-19(20)14-16)22(26)24-15-23(7-5-4-6-8-23)25-9-11-27-12-10-25;/h13-14H,4-12,15H2,1-3H3,(H,24,26);1H. The fraction of sp³-hybridized carbons (Fsp3) is 0.609. The number of fused-ring (bicyclic) bond motifs is 1. The summed E-state index contributed by atoms with van der Waals surface area (Å²) in [4.78, 5) is 15.6. The van der Waals surface area contributed by atoms with E-state index in [2.05, 4.69) is 30.1 Å². The van der Waals surface area contributed by atoms with Crippen molar-refractivity contribution >= 4 is 29.3 Å². The van der Waals surface area contributed by atoms with E-state index >= 15 is 0 Å². The summed E-state index contributed by atoms with van der Waals surface area (Å²) in [5.41, 5.74) is 4.12. The van der Waals surface area contributed by atoms with Crippen molar-refractivity contribution in [2.24, 2.45) is 0 Å². The number of ether oxygens (including phenoxy) is 1. The van der Waals surface area contributed by atoms with Gasteiger partial charge in [-0.3, -0.25) is 9.69 Å². The van der Waals surface area contributed by atoms with Gasteiger partial charge in [-0.05, 0) is 50.8 Å². The number of morpholine rings is 1. The summed E-state index contributed by atoms with van der Waals surface area (Å²) in [7, 11) is 0. The number of rotatable bonds is 4. The van der Waals surface area contributed by atoms with Gasteiger partial charge in [0.05, 0.1) is 13.2 Å². The second-order valence-electron chi connectivity index (χ2n) is 8.58. The lowest BCUT2D eigenvalue weighted by Gasteiger charge is -2.48. The number of nitrogens with zero attached hydrogens (tertiary/aromatic N) is 1. The highest BCUT2D eigenvalue weighted by molar-refractivity contribution is 6.00. The lowest BCUT2D eigenvalue weighted by molar-refractivity contribution is -0.0362. The molecule has 1 N–H and O–H groups in total. The highest BCUT2D eigenvalue weighted by Gasteiger charge is 2.39. The molecule has 29 heavy (non-hydrogen) atoms. The van der Waals surface area contributed by atoms with Crippen LogP contribution in [0.4, 0.5) is 0 Å². The van der Waals surface area contributed by atoms with Gasteiger partial charge in [0.15, 0.2) is 5.76 Å². The second kappa shape index (κ2) is 9.07. The fourth-order valence-electron chi connectivity index (χ4n) is 5.18. The topological polar surface area (TPSA) is 54.7 Å². The zero-order valence-corrected chi connectivity index (χ0v) is 18.6. The van der Waals surface area contributed by atoms with E-state index in [0.29, 0.717) is 12.3 Å². The van der Waals surface area contributed by atoms with Crippen LogP contribution in [-0.4, -0.2) is 49.2 Å². The first kappa shape index (κ1) is 22.1. The van der Waals surface area contributed by atoms with Gasteiger partial charge in [-0.25, -0.2) is 0 Å². The molecule has 1 aliphatic carbocycles. The molecule has 1 aliphatic heterocycles. The number of furan rings is 1. The maximum atomic E-state index is 13.1. The Morgan fingerprint density at radius 2 is 1.79 bits per heavy atom. The highest BCUT2D eigenvalue weighted by Crippen LogP contribution is 2.34. The van der Waals surface area contributed by atoms with Crippen LogP contribution in [0.2, 0.25) is 0 Å². The minimum Gasteiger partial charge on any atom is -0.451 e. The summed E-state index contributed by atoms with van der Waals surface area (Å²) < 4.78 is 11.6. The Hall–Kier alpha value is -1.56. The number of hydrogen-bond acceptors (Lipinski definition) is 4. The number of carbonyl (C=O) groups is 1. The molecule has 0 bridgehead atoms. The fourth-order valence-corrected chi connectivity index (χ4v) is 5.18. The van der Waals surface area contributed by atoms with E-state index < -0.39 is 0 Å². The van der Waals surface area contributed by atoms with Gasteiger partial charge in [-0.15, -0.1) is 12.4 Å². The maximum Gasteiger partial charge on any atom is 0.287 e. The van der Waals surface area contributed by atoms with Gasteiger partial charge in [-0.2, -0.15) is 0 Å². The summed E-state index contributed by atoms with van der Waals surface area (Å²) in [6.07, 6.45) is 6.04. The average molecular weight is 421 g/mol. The van der Waals surface area contributed by atoms with E-state index in [-0.39, 0.29) is 23.9 Å². The van der Waals surface area contributed by atoms with Gasteiger partial charge in [0.1, 0.15) is 5.58 Å². The molecule has 0 atom stereocenters. The number of halogens is 1. The second-order valence-corrected chi connectivity index (χ2v) is 8.58. The quantitative estimate of drug-likeness (QED) is 0.788. The zero-order valence-electron chi connectivity index (χ0n) is 17.8. The van der Waals surface area contributed by atoms with Gasteiger partial charge in [-0.1, -0.05) is 25.3 Å². The molecule has 0 spiro atoms. The number of nitrogens with one attached hydrogen (secondary N) is 1. The number of carbonyl (C=O) groups excluding carboxylic acids is 1. The molecule has 5 nitrogen and oxygen atoms in total. The largest absolute Gasteiger partial charge is 0.451 e. The van der Waals surface area contributed by atoms with E-state index in [0.717, 1.165) is 66.8 Å². The van der Waals surface area contributed by atoms with Gasteiger partial charge in [0.2, 0.25) is 0 Å². The monoisotopic (exact) mass is 420 g/mol. The maximum absolute atomic E-state index is 13.1. The van der Waals surface area contributed by atoms with Crippen molar-refractivity contribution in [3.05, 3.63) is 34.6 Å². The zero-order chi connectivity index (χ0) is 19.7. The molecule has 1 aromatic carbocycles. The molecule has 1 saturated heterocycles. The van der Waals surface area contributed by atoms with Crippen LogP contribution >= 0.6 is 12.4 Å². The molecule has 2 aromatic rings. The lowest BCUT2D eigenvalue weighted by Crippen LogP contribution is -2.59. The van der Waals surface area contributed by atoms with Crippen LogP contribution in [-0.2, 0) is 4.74 Å². The Kier molecular flexibility index (Phi) is 6.92. The van der Waals surface area contributed by atoms with Crippen LogP contribution in [0.15, 0.2) is 16.5 Å². The third-order valence-corrected chi connectivity index (χ3v) is 6.62. The minimum atomic E-state index is -0.0936. The van der Waals surface area contributed by atoms with E-state index in [1.807, 2.05) is 13.0 Å². The summed E-state index contributed by atoms with van der Waals surface area (Å²) >= 11 is 0. The molecule has 4 rings (SSSR count). The van der Waals surface area contributed by atoms with Gasteiger partial charge >= 0.3 is 0 Å². The Labute approximate surface area is 179 Å². The number of hydrogen-bond donors (Lipinski definition) is 1. The minimum absolute atomic E-state index is 0. The molecule has 6 heteroatoms. The molecular formula is C23H33ClN2O3. The molecule has 2 heterocycles. The van der Waals surface area contributed by atoms with E-state index in [9.17, 15) is 4.79 Å². The van der Waals surface area contributed by atoms with Crippen molar-refractivity contribution in [2.45, 2.75) is 58.4 Å². The molecule has 0 radical (unpaired) electrons. The highest BCUT2D eigenvalue weighted by atomic mass is 35.5. The predicted molar refractivity (Wildman–Crippen MR) is 118 cm³/mol. The van der Waals surface area contributed by atoms with Crippen molar-refractivity contribution < 1.29 is 13.9 Å². The third kappa shape index (κ3) is 4.32. The number of benzene rings is 1. The molecule has 0 unspecified atom stereocenters. The van der Waals surface area contributed by atoms with Crippen molar-refractivity contribution in [3.8, 4) is 0 Å². The molecule has 1 saturated carbocycles. The van der Waals surface area contributed by atoms with Gasteiger partial charge < -0.3 is 14.5 Å². The summed E-state index contributed by atoms with van der Waals surface area (Å²) in [6.45, 7) is 10.3. The summed E-state index contributed by atoms with van der Waals surface area (Å²) in [5, 5.41) is 4.29. The molecule has 1 amide bonds. The van der Waals surface area contributed by atoms with Crippen molar-refractivity contribution in [3.63, 3.8) is 0 Å². The summed E-state index contributed by atoms with van der Waals surface area (Å²) in [6, 6.07) is 4.16. The van der Waals surface area contributed by atoms with E-state index in [1.54, 1.807) is 0 Å². The Bertz CT molecular complexity index is 865. The molecular weight excluding hydrogens is 388 g/mol. The van der Waals surface area contributed by atoms with Crippen LogP contribution in [0.3, 0.4) is 0 Å². The average Bonchev–Trinajstić information content (AvgIpc) is 3.04. The predicted octanol–water partition coefficient (Wildman–Crippen LogP) is 4.54. The Morgan fingerprint density at radius 1 is 1.10 bits per heavy atom. The first-order valence-electron chi connectivity index (χ1n) is 10.6. The first-order valence-corrected chi connectivity index (χ1v) is 10.6.